The number of hydrogen-bond acceptors (Lipinski definition) is 6. The summed E-state index contributed by atoms with van der Waals surface area (Å²) >= 11 is 0. The van der Waals surface area contributed by atoms with Gasteiger partial charge < -0.3 is 14.2 Å². The molecule has 0 amide bonds. The highest BCUT2D eigenvalue weighted by Crippen LogP contribution is 2.61. The van der Waals surface area contributed by atoms with Gasteiger partial charge in [0, 0.05) is 41.9 Å². The Morgan fingerprint density at radius 2 is 1.83 bits per heavy atom. The fraction of sp³-hybridized carbons (Fsp3) is 0.625. The number of carbonyl (C=O) groups is 3. The van der Waals surface area contributed by atoms with Gasteiger partial charge in [-0.15, -0.1) is 0 Å². The molecule has 0 radical (unpaired) electrons. The maximum absolute atomic E-state index is 12.2. The van der Waals surface area contributed by atoms with Crippen LogP contribution < -0.4 is 9.47 Å². The number of benzene rings is 1. The van der Waals surface area contributed by atoms with Gasteiger partial charge in [0.2, 0.25) is 6.29 Å². The summed E-state index contributed by atoms with van der Waals surface area (Å²) in [6.07, 6.45) is 2.77. The number of ether oxygens (including phenoxy) is 3. The van der Waals surface area contributed by atoms with Crippen LogP contribution in [0.1, 0.15) is 95.1 Å². The van der Waals surface area contributed by atoms with E-state index in [0.29, 0.717) is 22.6 Å². The van der Waals surface area contributed by atoms with E-state index in [9.17, 15) is 14.4 Å². The first-order chi connectivity index (χ1) is 13.9. The molecule has 1 heterocycles. The molecule has 1 saturated carbocycles. The van der Waals surface area contributed by atoms with Gasteiger partial charge in [0.25, 0.3) is 0 Å². The largest absolute Gasteiger partial charge is 0.450 e. The van der Waals surface area contributed by atoms with Crippen molar-refractivity contribution in [2.75, 3.05) is 0 Å². The Labute approximate surface area is 178 Å². The first kappa shape index (κ1) is 22.3. The van der Waals surface area contributed by atoms with Crippen molar-refractivity contribution < 1.29 is 28.6 Å². The molecule has 2 aliphatic rings. The average Bonchev–Trinajstić information content (AvgIpc) is 2.59. The van der Waals surface area contributed by atoms with Crippen molar-refractivity contribution in [3.8, 4) is 11.5 Å². The third-order valence-corrected chi connectivity index (χ3v) is 6.69. The highest BCUT2D eigenvalue weighted by atomic mass is 16.7. The summed E-state index contributed by atoms with van der Waals surface area (Å²) < 4.78 is 17.6. The van der Waals surface area contributed by atoms with Gasteiger partial charge in [0.15, 0.2) is 17.8 Å². The van der Waals surface area contributed by atoms with Crippen molar-refractivity contribution in [1.82, 2.24) is 0 Å². The Balaban J connectivity index is 2.36. The molecule has 0 bridgehead atoms. The zero-order valence-electron chi connectivity index (χ0n) is 19.0. The molecule has 1 aliphatic carbocycles. The zero-order valence-corrected chi connectivity index (χ0v) is 19.0. The van der Waals surface area contributed by atoms with Crippen LogP contribution in [0.25, 0.3) is 0 Å². The molecular formula is C24H32O6. The van der Waals surface area contributed by atoms with E-state index in [1.165, 1.54) is 13.8 Å². The van der Waals surface area contributed by atoms with Crippen LogP contribution in [0.3, 0.4) is 0 Å². The third kappa shape index (κ3) is 3.61. The van der Waals surface area contributed by atoms with Crippen LogP contribution >= 0.6 is 0 Å². The summed E-state index contributed by atoms with van der Waals surface area (Å²) in [7, 11) is 0. The van der Waals surface area contributed by atoms with Gasteiger partial charge in [-0.25, -0.2) is 0 Å². The summed E-state index contributed by atoms with van der Waals surface area (Å²) in [5, 5.41) is 0. The van der Waals surface area contributed by atoms with Crippen molar-refractivity contribution in [2.45, 2.75) is 85.4 Å². The van der Waals surface area contributed by atoms with Crippen LogP contribution in [-0.2, 0) is 19.7 Å². The van der Waals surface area contributed by atoms with E-state index in [1.54, 1.807) is 0 Å². The Morgan fingerprint density at radius 1 is 1.17 bits per heavy atom. The summed E-state index contributed by atoms with van der Waals surface area (Å²) in [6, 6.07) is 1.81. The second-order valence-electron chi connectivity index (χ2n) is 9.79. The van der Waals surface area contributed by atoms with Gasteiger partial charge in [-0.2, -0.15) is 0 Å². The molecule has 1 aliphatic heterocycles. The standard InChI is InChI=1S/C24H32O6/c1-13(2)17-11-16(12-25)18-20(19(17)28-14(3)26)30-22(29-15(4)27)21-23(5,6)9-8-10-24(18,21)7/h11-13,21-22H,8-10H2,1-7H3. The van der Waals surface area contributed by atoms with Gasteiger partial charge >= 0.3 is 11.9 Å². The summed E-state index contributed by atoms with van der Waals surface area (Å²) in [5.74, 6) is -0.394. The van der Waals surface area contributed by atoms with Crippen LogP contribution in [0.2, 0.25) is 0 Å². The van der Waals surface area contributed by atoms with Gasteiger partial charge in [-0.05, 0) is 30.2 Å². The minimum atomic E-state index is -0.827. The van der Waals surface area contributed by atoms with Crippen molar-refractivity contribution in [1.29, 1.82) is 0 Å². The fourth-order valence-corrected chi connectivity index (χ4v) is 5.63. The predicted octanol–water partition coefficient (Wildman–Crippen LogP) is 4.91. The van der Waals surface area contributed by atoms with E-state index in [2.05, 4.69) is 20.8 Å². The SMILES string of the molecule is CC(=O)Oc1c(C(C)C)cc(C=O)c2c1OC(OC(C)=O)C1C(C)(C)CCCC21C. The lowest BCUT2D eigenvalue weighted by Gasteiger charge is -2.56. The van der Waals surface area contributed by atoms with Crippen LogP contribution in [-0.4, -0.2) is 24.5 Å². The quantitative estimate of drug-likeness (QED) is 0.394. The average molecular weight is 417 g/mol. The number of fused-ring (bicyclic) bond motifs is 3. The van der Waals surface area contributed by atoms with E-state index in [4.69, 9.17) is 14.2 Å². The molecule has 6 heteroatoms. The monoisotopic (exact) mass is 416 g/mol. The van der Waals surface area contributed by atoms with Crippen molar-refractivity contribution in [2.24, 2.45) is 11.3 Å². The number of hydrogen-bond donors (Lipinski definition) is 0. The smallest absolute Gasteiger partial charge is 0.308 e. The Kier molecular flexibility index (Phi) is 5.74. The van der Waals surface area contributed by atoms with E-state index in [0.717, 1.165) is 31.1 Å². The number of carbonyl (C=O) groups excluding carboxylic acids is 3. The van der Waals surface area contributed by atoms with E-state index in [1.807, 2.05) is 19.9 Å². The Hall–Kier alpha value is -2.37. The van der Waals surface area contributed by atoms with Crippen molar-refractivity contribution in [3.05, 3.63) is 22.8 Å². The zero-order chi connectivity index (χ0) is 22.4. The van der Waals surface area contributed by atoms with Gasteiger partial charge in [0.05, 0.1) is 0 Å². The maximum Gasteiger partial charge on any atom is 0.308 e. The molecule has 0 N–H and O–H groups in total. The highest BCUT2D eigenvalue weighted by Gasteiger charge is 2.58. The number of esters is 2. The lowest BCUT2D eigenvalue weighted by Crippen LogP contribution is -2.57. The summed E-state index contributed by atoms with van der Waals surface area (Å²) in [4.78, 5) is 36.0. The molecule has 1 aromatic carbocycles. The molecule has 3 atom stereocenters. The van der Waals surface area contributed by atoms with Crippen molar-refractivity contribution >= 4 is 18.2 Å². The lowest BCUT2D eigenvalue weighted by molar-refractivity contribution is -0.196. The minimum absolute atomic E-state index is 0.00699. The normalized spacial score (nSPS) is 26.8. The topological polar surface area (TPSA) is 78.9 Å². The Morgan fingerprint density at radius 3 is 2.37 bits per heavy atom. The van der Waals surface area contributed by atoms with E-state index in [-0.39, 0.29) is 17.3 Å². The summed E-state index contributed by atoms with van der Waals surface area (Å²) in [5.41, 5.74) is 1.35. The second kappa shape index (κ2) is 7.71. The Bertz CT molecular complexity index is 884. The second-order valence-corrected chi connectivity index (χ2v) is 9.79. The maximum atomic E-state index is 12.2. The van der Waals surface area contributed by atoms with Gasteiger partial charge in [0.1, 0.15) is 0 Å². The number of rotatable bonds is 4. The molecule has 0 saturated heterocycles. The highest BCUT2D eigenvalue weighted by molar-refractivity contribution is 5.84. The molecule has 0 spiro atoms. The molecule has 30 heavy (non-hydrogen) atoms. The first-order valence-electron chi connectivity index (χ1n) is 10.6. The molecule has 1 aromatic rings. The van der Waals surface area contributed by atoms with Gasteiger partial charge in [-0.1, -0.05) is 41.0 Å². The van der Waals surface area contributed by atoms with Crippen LogP contribution in [0.15, 0.2) is 6.07 Å². The molecule has 3 rings (SSSR count). The summed E-state index contributed by atoms with van der Waals surface area (Å²) in [6.45, 7) is 13.0. The van der Waals surface area contributed by atoms with Crippen LogP contribution in [0.4, 0.5) is 0 Å². The van der Waals surface area contributed by atoms with Gasteiger partial charge in [-0.3, -0.25) is 14.4 Å². The molecular weight excluding hydrogens is 384 g/mol. The molecule has 164 valence electrons. The van der Waals surface area contributed by atoms with Crippen LogP contribution in [0, 0.1) is 11.3 Å². The fourth-order valence-electron chi connectivity index (χ4n) is 5.63. The van der Waals surface area contributed by atoms with Crippen molar-refractivity contribution in [3.63, 3.8) is 0 Å². The van der Waals surface area contributed by atoms with E-state index >= 15 is 0 Å². The first-order valence-corrected chi connectivity index (χ1v) is 10.6. The lowest BCUT2D eigenvalue weighted by atomic mass is 9.52. The third-order valence-electron chi connectivity index (χ3n) is 6.69. The van der Waals surface area contributed by atoms with Crippen LogP contribution in [0.5, 0.6) is 11.5 Å². The minimum Gasteiger partial charge on any atom is -0.450 e. The molecule has 1 fully saturated rings. The molecule has 0 aromatic heterocycles. The predicted molar refractivity (Wildman–Crippen MR) is 112 cm³/mol. The molecule has 6 nitrogen and oxygen atoms in total. The van der Waals surface area contributed by atoms with E-state index < -0.39 is 23.6 Å². The number of aldehydes is 1. The molecule has 3 unspecified atom stereocenters.